The number of benzene rings is 1. The Morgan fingerprint density at radius 3 is 2.48 bits per heavy atom. The number of aryl methyl sites for hydroxylation is 1. The molecule has 0 saturated carbocycles. The fraction of sp³-hybridized carbons (Fsp3) is 0.286. The molecule has 0 radical (unpaired) electrons. The smallest absolute Gasteiger partial charge is 0.263 e. The number of sulfonamides is 1. The maximum Gasteiger partial charge on any atom is 0.263 e. The molecule has 0 spiro atoms. The van der Waals surface area contributed by atoms with Crippen LogP contribution in [0.2, 0.25) is 0 Å². The summed E-state index contributed by atoms with van der Waals surface area (Å²) >= 11 is 1.27. The second-order valence-corrected chi connectivity index (χ2v) is 7.35. The van der Waals surface area contributed by atoms with E-state index >= 15 is 0 Å². The van der Waals surface area contributed by atoms with Gasteiger partial charge in [-0.3, -0.25) is 4.72 Å². The minimum atomic E-state index is -3.65. The Kier molecular flexibility index (Phi) is 4.87. The molecule has 0 fully saturated rings. The van der Waals surface area contributed by atoms with Gasteiger partial charge in [-0.05, 0) is 44.2 Å². The zero-order valence-corrected chi connectivity index (χ0v) is 13.4. The van der Waals surface area contributed by atoms with Crippen molar-refractivity contribution in [1.29, 1.82) is 0 Å². The van der Waals surface area contributed by atoms with Crippen LogP contribution in [0.15, 0.2) is 35.2 Å². The molecule has 21 heavy (non-hydrogen) atoms. The quantitative estimate of drug-likeness (QED) is 0.855. The van der Waals surface area contributed by atoms with Gasteiger partial charge in [-0.2, -0.15) is 0 Å². The van der Waals surface area contributed by atoms with Gasteiger partial charge in [-0.1, -0.05) is 0 Å². The Hall–Kier alpha value is -1.57. The number of aliphatic hydroxyl groups excluding tert-OH is 1. The maximum absolute atomic E-state index is 12.3. The van der Waals surface area contributed by atoms with Crippen LogP contribution >= 0.6 is 11.3 Å². The monoisotopic (exact) mass is 327 g/mol. The highest BCUT2D eigenvalue weighted by Gasteiger charge is 2.19. The second kappa shape index (κ2) is 6.46. The first-order valence-corrected chi connectivity index (χ1v) is 8.72. The van der Waals surface area contributed by atoms with Crippen LogP contribution in [0.5, 0.6) is 5.75 Å². The third-order valence-electron chi connectivity index (χ3n) is 2.79. The average Bonchev–Trinajstić information content (AvgIpc) is 2.83. The molecule has 1 aromatic carbocycles. The van der Waals surface area contributed by atoms with Crippen molar-refractivity contribution in [3.63, 3.8) is 0 Å². The Balaban J connectivity index is 2.22. The van der Waals surface area contributed by atoms with E-state index in [0.29, 0.717) is 27.8 Å². The highest BCUT2D eigenvalue weighted by atomic mass is 32.2. The SMILES string of the molecule is CCOc1ccc(NS(=O)(=O)c2cc(CO)sc2C)cc1. The number of anilines is 1. The summed E-state index contributed by atoms with van der Waals surface area (Å²) < 4.78 is 32.5. The number of hydrogen-bond donors (Lipinski definition) is 2. The number of rotatable bonds is 6. The molecule has 0 atom stereocenters. The van der Waals surface area contributed by atoms with Crippen LogP contribution < -0.4 is 9.46 Å². The Labute approximate surface area is 128 Å². The first-order chi connectivity index (χ1) is 9.96. The lowest BCUT2D eigenvalue weighted by Gasteiger charge is -2.08. The van der Waals surface area contributed by atoms with E-state index in [4.69, 9.17) is 9.84 Å². The topological polar surface area (TPSA) is 75.6 Å². The van der Waals surface area contributed by atoms with Crippen molar-refractivity contribution < 1.29 is 18.3 Å². The Morgan fingerprint density at radius 1 is 1.29 bits per heavy atom. The molecule has 5 nitrogen and oxygen atoms in total. The largest absolute Gasteiger partial charge is 0.494 e. The molecule has 2 rings (SSSR count). The van der Waals surface area contributed by atoms with E-state index in [1.54, 1.807) is 31.2 Å². The summed E-state index contributed by atoms with van der Waals surface area (Å²) in [6, 6.07) is 8.22. The van der Waals surface area contributed by atoms with E-state index < -0.39 is 10.0 Å². The van der Waals surface area contributed by atoms with E-state index in [-0.39, 0.29) is 11.5 Å². The summed E-state index contributed by atoms with van der Waals surface area (Å²) in [6.07, 6.45) is 0. The van der Waals surface area contributed by atoms with E-state index in [1.165, 1.54) is 17.4 Å². The Bertz CT molecular complexity index is 705. The van der Waals surface area contributed by atoms with Crippen LogP contribution in [0.25, 0.3) is 0 Å². The van der Waals surface area contributed by atoms with Gasteiger partial charge < -0.3 is 9.84 Å². The molecule has 0 unspecified atom stereocenters. The van der Waals surface area contributed by atoms with E-state index in [2.05, 4.69) is 4.72 Å². The minimum absolute atomic E-state index is 0.163. The summed E-state index contributed by atoms with van der Waals surface area (Å²) in [5.41, 5.74) is 0.467. The number of ether oxygens (including phenoxy) is 1. The predicted molar refractivity (Wildman–Crippen MR) is 83.4 cm³/mol. The first-order valence-electron chi connectivity index (χ1n) is 6.42. The van der Waals surface area contributed by atoms with Crippen LogP contribution in [0.3, 0.4) is 0 Å². The van der Waals surface area contributed by atoms with Gasteiger partial charge in [0, 0.05) is 15.4 Å². The van der Waals surface area contributed by atoms with Crippen molar-refractivity contribution in [2.45, 2.75) is 25.3 Å². The lowest BCUT2D eigenvalue weighted by molar-refractivity contribution is 0.285. The van der Waals surface area contributed by atoms with Gasteiger partial charge in [0.1, 0.15) is 10.6 Å². The van der Waals surface area contributed by atoms with Crippen LogP contribution in [-0.4, -0.2) is 20.1 Å². The van der Waals surface area contributed by atoms with Crippen molar-refractivity contribution in [2.24, 2.45) is 0 Å². The standard InChI is InChI=1S/C14H17NO4S2/c1-3-19-12-6-4-11(5-7-12)15-21(17,18)14-8-13(9-16)20-10(14)2/h4-8,15-16H,3,9H2,1-2H3. The minimum Gasteiger partial charge on any atom is -0.494 e. The normalized spacial score (nSPS) is 11.4. The van der Waals surface area contributed by atoms with Crippen molar-refractivity contribution in [1.82, 2.24) is 0 Å². The fourth-order valence-electron chi connectivity index (χ4n) is 1.86. The van der Waals surface area contributed by atoms with Gasteiger partial charge in [0.25, 0.3) is 10.0 Å². The summed E-state index contributed by atoms with van der Waals surface area (Å²) in [6.45, 7) is 4.00. The molecule has 114 valence electrons. The van der Waals surface area contributed by atoms with Crippen molar-refractivity contribution in [3.8, 4) is 5.75 Å². The molecule has 0 amide bonds. The van der Waals surface area contributed by atoms with E-state index in [9.17, 15) is 8.42 Å². The number of hydrogen-bond acceptors (Lipinski definition) is 5. The molecule has 0 aliphatic carbocycles. The van der Waals surface area contributed by atoms with Gasteiger partial charge in [0.2, 0.25) is 0 Å². The van der Waals surface area contributed by atoms with Crippen LogP contribution in [0.1, 0.15) is 16.7 Å². The summed E-state index contributed by atoms with van der Waals surface area (Å²) in [5.74, 6) is 0.690. The zero-order valence-electron chi connectivity index (χ0n) is 11.8. The van der Waals surface area contributed by atoms with Crippen molar-refractivity contribution in [2.75, 3.05) is 11.3 Å². The van der Waals surface area contributed by atoms with Gasteiger partial charge in [0.15, 0.2) is 0 Å². The molecular weight excluding hydrogens is 310 g/mol. The van der Waals surface area contributed by atoms with Gasteiger partial charge >= 0.3 is 0 Å². The highest BCUT2D eigenvalue weighted by Crippen LogP contribution is 2.27. The fourth-order valence-corrected chi connectivity index (χ4v) is 4.42. The van der Waals surface area contributed by atoms with E-state index in [1.807, 2.05) is 6.92 Å². The van der Waals surface area contributed by atoms with Crippen LogP contribution in [0, 0.1) is 6.92 Å². The molecule has 0 aliphatic rings. The predicted octanol–water partition coefficient (Wildman–Crippen LogP) is 2.75. The zero-order chi connectivity index (χ0) is 15.5. The summed E-state index contributed by atoms with van der Waals surface area (Å²) in [4.78, 5) is 1.47. The van der Waals surface area contributed by atoms with Gasteiger partial charge in [-0.15, -0.1) is 11.3 Å². The lowest BCUT2D eigenvalue weighted by Crippen LogP contribution is -2.13. The number of aliphatic hydroxyl groups is 1. The third kappa shape index (κ3) is 3.75. The van der Waals surface area contributed by atoms with Gasteiger partial charge in [0.05, 0.1) is 13.2 Å². The summed E-state index contributed by atoms with van der Waals surface area (Å²) in [5, 5.41) is 9.09. The number of thiophene rings is 1. The second-order valence-electron chi connectivity index (χ2n) is 4.35. The average molecular weight is 327 g/mol. The maximum atomic E-state index is 12.3. The van der Waals surface area contributed by atoms with Crippen molar-refractivity contribution >= 4 is 27.0 Å². The number of nitrogens with one attached hydrogen (secondary N) is 1. The molecule has 0 saturated heterocycles. The summed E-state index contributed by atoms with van der Waals surface area (Å²) in [7, 11) is -3.65. The van der Waals surface area contributed by atoms with Crippen molar-refractivity contribution in [3.05, 3.63) is 40.1 Å². The Morgan fingerprint density at radius 2 is 1.95 bits per heavy atom. The molecule has 0 aliphatic heterocycles. The molecular formula is C14H17NO4S2. The first kappa shape index (κ1) is 15.8. The van der Waals surface area contributed by atoms with Crippen LogP contribution in [-0.2, 0) is 16.6 Å². The highest BCUT2D eigenvalue weighted by molar-refractivity contribution is 7.93. The molecule has 1 aromatic heterocycles. The van der Waals surface area contributed by atoms with E-state index in [0.717, 1.165) is 0 Å². The lowest BCUT2D eigenvalue weighted by atomic mass is 10.3. The van der Waals surface area contributed by atoms with Crippen LogP contribution in [0.4, 0.5) is 5.69 Å². The molecule has 2 aromatic rings. The molecule has 0 bridgehead atoms. The third-order valence-corrected chi connectivity index (χ3v) is 5.46. The molecule has 7 heteroatoms. The molecule has 1 heterocycles. The van der Waals surface area contributed by atoms with Gasteiger partial charge in [-0.25, -0.2) is 8.42 Å². The molecule has 2 N–H and O–H groups in total.